The SMILES string of the molecule is CNC1CCc2c1ccc(-c1cnc3c(=O)n(CC4(O)CCN(C(=O)C[C@@H](C)c5ccccc5)CC4)cnn13)c2Cl. The van der Waals surface area contributed by atoms with Crippen LogP contribution in [0.1, 0.15) is 61.3 Å². The largest absolute Gasteiger partial charge is 0.388 e. The molecule has 41 heavy (non-hydrogen) atoms. The molecule has 6 rings (SSSR count). The van der Waals surface area contributed by atoms with Gasteiger partial charge in [-0.3, -0.25) is 14.2 Å². The summed E-state index contributed by atoms with van der Waals surface area (Å²) in [6.07, 6.45) is 6.15. The molecule has 214 valence electrons. The molecule has 9 nitrogen and oxygen atoms in total. The van der Waals surface area contributed by atoms with Crippen LogP contribution in [0.25, 0.3) is 16.9 Å². The van der Waals surface area contributed by atoms with Crippen molar-refractivity contribution in [3.8, 4) is 11.3 Å². The van der Waals surface area contributed by atoms with Gasteiger partial charge < -0.3 is 15.3 Å². The smallest absolute Gasteiger partial charge is 0.296 e. The van der Waals surface area contributed by atoms with Crippen LogP contribution in [-0.4, -0.2) is 60.8 Å². The Kier molecular flexibility index (Phi) is 7.44. The second kappa shape index (κ2) is 11.0. The fourth-order valence-electron chi connectivity index (χ4n) is 6.30. The van der Waals surface area contributed by atoms with Crippen LogP contribution < -0.4 is 10.9 Å². The molecule has 3 heterocycles. The van der Waals surface area contributed by atoms with Crippen molar-refractivity contribution in [3.05, 3.63) is 87.1 Å². The molecule has 1 amide bonds. The molecule has 0 radical (unpaired) electrons. The van der Waals surface area contributed by atoms with E-state index >= 15 is 0 Å². The van der Waals surface area contributed by atoms with Gasteiger partial charge in [-0.25, -0.2) is 9.50 Å². The lowest BCUT2D eigenvalue weighted by Gasteiger charge is -2.38. The Bertz CT molecular complexity index is 1640. The minimum Gasteiger partial charge on any atom is -0.388 e. The van der Waals surface area contributed by atoms with E-state index in [2.05, 4.69) is 28.4 Å². The van der Waals surface area contributed by atoms with Crippen LogP contribution in [-0.2, 0) is 17.8 Å². The van der Waals surface area contributed by atoms with Gasteiger partial charge in [0.05, 0.1) is 29.1 Å². The molecule has 0 bridgehead atoms. The lowest BCUT2D eigenvalue weighted by Crippen LogP contribution is -2.50. The minimum atomic E-state index is -1.12. The van der Waals surface area contributed by atoms with Gasteiger partial charge in [0, 0.05) is 31.1 Å². The highest BCUT2D eigenvalue weighted by atomic mass is 35.5. The molecule has 1 unspecified atom stereocenters. The number of carbonyl (C=O) groups is 1. The molecule has 2 aromatic carbocycles. The standard InChI is InChI=1S/C31H35ClN6O3/c1-20(21-6-4-3-5-7-21)16-27(39)36-14-12-31(41,13-15-36)18-37-19-35-38-26(17-34-29(38)30(37)40)24-9-8-22-23(28(24)32)10-11-25(22)33-2/h3-9,17,19-20,25,33,41H,10-16,18H2,1-2H3/t20-,25?/m1/s1. The Morgan fingerprint density at radius 1 is 1.20 bits per heavy atom. The number of benzene rings is 2. The number of aromatic nitrogens is 4. The number of amides is 1. The summed E-state index contributed by atoms with van der Waals surface area (Å²) in [6, 6.07) is 14.4. The van der Waals surface area contributed by atoms with Crippen molar-refractivity contribution in [2.45, 2.75) is 63.1 Å². The molecule has 10 heteroatoms. The highest BCUT2D eigenvalue weighted by Gasteiger charge is 2.35. The van der Waals surface area contributed by atoms with E-state index in [9.17, 15) is 14.7 Å². The summed E-state index contributed by atoms with van der Waals surface area (Å²) < 4.78 is 2.94. The minimum absolute atomic E-state index is 0.0836. The topological polar surface area (TPSA) is 105 Å². The van der Waals surface area contributed by atoms with Crippen LogP contribution in [0.2, 0.25) is 5.02 Å². The number of aliphatic hydroxyl groups is 1. The van der Waals surface area contributed by atoms with Crippen molar-refractivity contribution in [3.63, 3.8) is 0 Å². The number of imidazole rings is 1. The Morgan fingerprint density at radius 2 is 1.95 bits per heavy atom. The van der Waals surface area contributed by atoms with Gasteiger partial charge in [0.25, 0.3) is 5.56 Å². The van der Waals surface area contributed by atoms with Crippen LogP contribution >= 0.6 is 11.6 Å². The summed E-state index contributed by atoms with van der Waals surface area (Å²) in [4.78, 5) is 32.5. The monoisotopic (exact) mass is 574 g/mol. The van der Waals surface area contributed by atoms with Crippen molar-refractivity contribution in [1.82, 2.24) is 29.4 Å². The summed E-state index contributed by atoms with van der Waals surface area (Å²) in [6.45, 7) is 3.03. The van der Waals surface area contributed by atoms with Gasteiger partial charge in [-0.05, 0) is 55.3 Å². The Labute approximate surface area is 243 Å². The zero-order chi connectivity index (χ0) is 28.7. The van der Waals surface area contributed by atoms with E-state index in [1.54, 1.807) is 6.20 Å². The molecule has 1 saturated heterocycles. The predicted molar refractivity (Wildman–Crippen MR) is 158 cm³/mol. The number of hydrogen-bond acceptors (Lipinski definition) is 6. The van der Waals surface area contributed by atoms with E-state index in [-0.39, 0.29) is 35.6 Å². The van der Waals surface area contributed by atoms with Crippen molar-refractivity contribution < 1.29 is 9.90 Å². The summed E-state index contributed by atoms with van der Waals surface area (Å²) in [5.41, 5.74) is 3.64. The fourth-order valence-corrected chi connectivity index (χ4v) is 6.66. The first-order valence-corrected chi connectivity index (χ1v) is 14.6. The van der Waals surface area contributed by atoms with Crippen LogP contribution in [0, 0.1) is 0 Å². The van der Waals surface area contributed by atoms with Crippen LogP contribution in [0.5, 0.6) is 0 Å². The number of fused-ring (bicyclic) bond motifs is 2. The molecule has 2 N–H and O–H groups in total. The zero-order valence-corrected chi connectivity index (χ0v) is 24.1. The highest BCUT2D eigenvalue weighted by Crippen LogP contribution is 2.40. The molecule has 0 spiro atoms. The molecule has 2 aromatic heterocycles. The van der Waals surface area contributed by atoms with Gasteiger partial charge in [0.1, 0.15) is 6.33 Å². The molecule has 1 fully saturated rings. The normalized spacial score (nSPS) is 18.9. The van der Waals surface area contributed by atoms with Crippen molar-refractivity contribution in [1.29, 1.82) is 0 Å². The van der Waals surface area contributed by atoms with E-state index in [0.717, 1.165) is 29.5 Å². The van der Waals surface area contributed by atoms with Gasteiger partial charge in [0.15, 0.2) is 0 Å². The molecule has 1 aliphatic heterocycles. The molecule has 1 aliphatic carbocycles. The molecule has 4 aromatic rings. The molecule has 2 atom stereocenters. The third-order valence-corrected chi connectivity index (χ3v) is 9.25. The zero-order valence-electron chi connectivity index (χ0n) is 23.4. The molecule has 2 aliphatic rings. The van der Waals surface area contributed by atoms with Gasteiger partial charge >= 0.3 is 0 Å². The number of rotatable bonds is 7. The lowest BCUT2D eigenvalue weighted by atomic mass is 9.90. The molecule has 0 saturated carbocycles. The van der Waals surface area contributed by atoms with Crippen LogP contribution in [0.4, 0.5) is 0 Å². The van der Waals surface area contributed by atoms with Gasteiger partial charge in [-0.15, -0.1) is 0 Å². The molecular formula is C31H35ClN6O3. The summed E-state index contributed by atoms with van der Waals surface area (Å²) in [5, 5.41) is 19.9. The van der Waals surface area contributed by atoms with E-state index in [4.69, 9.17) is 11.6 Å². The Hall–Kier alpha value is -3.53. The first kappa shape index (κ1) is 27.6. The van der Waals surface area contributed by atoms with Crippen molar-refractivity contribution in [2.24, 2.45) is 0 Å². The van der Waals surface area contributed by atoms with E-state index in [1.807, 2.05) is 48.3 Å². The van der Waals surface area contributed by atoms with Gasteiger partial charge in [0.2, 0.25) is 11.6 Å². The predicted octanol–water partition coefficient (Wildman–Crippen LogP) is 3.97. The third kappa shape index (κ3) is 5.18. The van der Waals surface area contributed by atoms with E-state index < -0.39 is 5.60 Å². The number of likely N-dealkylation sites (tertiary alicyclic amines) is 1. The maximum absolute atomic E-state index is 13.4. The highest BCUT2D eigenvalue weighted by molar-refractivity contribution is 6.34. The second-order valence-electron chi connectivity index (χ2n) is 11.4. The number of nitrogens with zero attached hydrogens (tertiary/aromatic N) is 5. The summed E-state index contributed by atoms with van der Waals surface area (Å²) in [5.74, 6) is 0.206. The first-order valence-electron chi connectivity index (χ1n) is 14.2. The number of hydrogen-bond donors (Lipinski definition) is 2. The van der Waals surface area contributed by atoms with Crippen LogP contribution in [0.3, 0.4) is 0 Å². The first-order chi connectivity index (χ1) is 19.8. The lowest BCUT2D eigenvalue weighted by molar-refractivity contribution is -0.136. The van der Waals surface area contributed by atoms with E-state index in [0.29, 0.717) is 43.1 Å². The second-order valence-corrected chi connectivity index (χ2v) is 11.8. The average molecular weight is 575 g/mol. The summed E-state index contributed by atoms with van der Waals surface area (Å²) >= 11 is 6.84. The molecular weight excluding hydrogens is 540 g/mol. The maximum Gasteiger partial charge on any atom is 0.296 e. The summed E-state index contributed by atoms with van der Waals surface area (Å²) in [7, 11) is 1.95. The quantitative estimate of drug-likeness (QED) is 0.346. The number of carbonyl (C=O) groups excluding carboxylic acids is 1. The number of piperidine rings is 1. The number of halogens is 1. The van der Waals surface area contributed by atoms with Crippen LogP contribution in [0.15, 0.2) is 59.8 Å². The fraction of sp³-hybridized carbons (Fsp3) is 0.419. The average Bonchev–Trinajstić information content (AvgIpc) is 3.61. The van der Waals surface area contributed by atoms with Gasteiger partial charge in [-0.2, -0.15) is 5.10 Å². The Balaban J connectivity index is 1.15. The number of nitrogens with one attached hydrogen (secondary N) is 1. The third-order valence-electron chi connectivity index (χ3n) is 8.82. The Morgan fingerprint density at radius 3 is 2.68 bits per heavy atom. The maximum atomic E-state index is 13.4. The van der Waals surface area contributed by atoms with Crippen molar-refractivity contribution >= 4 is 23.2 Å². The van der Waals surface area contributed by atoms with E-state index in [1.165, 1.54) is 21.0 Å². The van der Waals surface area contributed by atoms with Gasteiger partial charge in [-0.1, -0.05) is 61.0 Å². The van der Waals surface area contributed by atoms with Crippen molar-refractivity contribution in [2.75, 3.05) is 20.1 Å².